The molecule has 0 saturated heterocycles. The highest BCUT2D eigenvalue weighted by Gasteiger charge is 2.23. The Hall–Kier alpha value is -1.74. The number of hydrogen-bond acceptors (Lipinski definition) is 3. The Labute approximate surface area is 142 Å². The first-order chi connectivity index (χ1) is 11.0. The van der Waals surface area contributed by atoms with Gasteiger partial charge in [0.1, 0.15) is 11.9 Å². The van der Waals surface area contributed by atoms with Gasteiger partial charge in [-0.05, 0) is 56.4 Å². The van der Waals surface area contributed by atoms with Crippen LogP contribution < -0.4 is 4.74 Å². The Balaban J connectivity index is 1.65. The normalized spacial score (nSPS) is 16.6. The van der Waals surface area contributed by atoms with Gasteiger partial charge < -0.3 is 4.74 Å². The van der Waals surface area contributed by atoms with Gasteiger partial charge in [0.05, 0.1) is 6.42 Å². The summed E-state index contributed by atoms with van der Waals surface area (Å²) in [6.07, 6.45) is 2.36. The Kier molecular flexibility index (Phi) is 4.76. The number of carbonyl (C=O) groups excluding carboxylic acids is 1. The molecule has 2 nitrogen and oxygen atoms in total. The van der Waals surface area contributed by atoms with E-state index in [9.17, 15) is 4.79 Å². The number of rotatable bonds is 3. The molecule has 1 atom stereocenters. The third kappa shape index (κ3) is 3.78. The fourth-order valence-electron chi connectivity index (χ4n) is 3.19. The minimum Gasteiger partial charge on any atom is -0.490 e. The zero-order valence-electron chi connectivity index (χ0n) is 13.9. The first-order valence-electron chi connectivity index (χ1n) is 8.06. The van der Waals surface area contributed by atoms with Crippen LogP contribution in [0.4, 0.5) is 0 Å². The third-order valence-corrected chi connectivity index (χ3v) is 5.46. The van der Waals surface area contributed by atoms with E-state index >= 15 is 0 Å². The van der Waals surface area contributed by atoms with Crippen molar-refractivity contribution in [1.29, 1.82) is 0 Å². The highest BCUT2D eigenvalue weighted by Crippen LogP contribution is 2.32. The van der Waals surface area contributed by atoms with Crippen LogP contribution in [-0.4, -0.2) is 11.2 Å². The Morgan fingerprint density at radius 3 is 2.61 bits per heavy atom. The number of para-hydroxylation sites is 1. The summed E-state index contributed by atoms with van der Waals surface area (Å²) in [5, 5.41) is 0.185. The zero-order valence-corrected chi connectivity index (χ0v) is 14.7. The molecule has 0 unspecified atom stereocenters. The predicted octanol–water partition coefficient (Wildman–Crippen LogP) is 5.01. The van der Waals surface area contributed by atoms with Crippen molar-refractivity contribution < 1.29 is 9.53 Å². The quantitative estimate of drug-likeness (QED) is 0.741. The van der Waals surface area contributed by atoms with Crippen molar-refractivity contribution in [1.82, 2.24) is 0 Å². The highest BCUT2D eigenvalue weighted by atomic mass is 32.2. The van der Waals surface area contributed by atoms with Crippen LogP contribution in [-0.2, 0) is 11.2 Å². The van der Waals surface area contributed by atoms with Gasteiger partial charge in [0.2, 0.25) is 0 Å². The van der Waals surface area contributed by atoms with Gasteiger partial charge >= 0.3 is 0 Å². The molecule has 0 radical (unpaired) electrons. The maximum absolute atomic E-state index is 12.5. The lowest BCUT2D eigenvalue weighted by molar-refractivity contribution is -0.112. The van der Waals surface area contributed by atoms with Crippen LogP contribution in [0, 0.1) is 20.8 Å². The van der Waals surface area contributed by atoms with E-state index in [0.29, 0.717) is 6.42 Å². The van der Waals surface area contributed by atoms with E-state index in [4.69, 9.17) is 4.74 Å². The number of fused-ring (bicyclic) bond motifs is 1. The van der Waals surface area contributed by atoms with Crippen molar-refractivity contribution in [2.75, 3.05) is 0 Å². The molecule has 2 aromatic rings. The molecule has 0 fully saturated rings. The van der Waals surface area contributed by atoms with Crippen molar-refractivity contribution in [2.45, 2.75) is 51.0 Å². The third-order valence-electron chi connectivity index (χ3n) is 4.22. The molecule has 3 rings (SSSR count). The Morgan fingerprint density at radius 2 is 1.87 bits per heavy atom. The van der Waals surface area contributed by atoms with E-state index in [-0.39, 0.29) is 11.2 Å². The van der Waals surface area contributed by atoms with E-state index < -0.39 is 0 Å². The van der Waals surface area contributed by atoms with E-state index in [2.05, 4.69) is 39.0 Å². The summed E-state index contributed by atoms with van der Waals surface area (Å²) < 4.78 is 5.99. The Morgan fingerprint density at radius 1 is 1.17 bits per heavy atom. The van der Waals surface area contributed by atoms with Crippen LogP contribution in [0.5, 0.6) is 5.75 Å². The number of aryl methyl sites for hydroxylation is 4. The predicted molar refractivity (Wildman–Crippen MR) is 95.3 cm³/mol. The largest absolute Gasteiger partial charge is 0.490 e. The van der Waals surface area contributed by atoms with Gasteiger partial charge in [-0.15, -0.1) is 0 Å². The smallest absolute Gasteiger partial charge is 0.197 e. The molecule has 1 aliphatic rings. The summed E-state index contributed by atoms with van der Waals surface area (Å²) in [5.41, 5.74) is 4.84. The maximum Gasteiger partial charge on any atom is 0.197 e. The van der Waals surface area contributed by atoms with Gasteiger partial charge in [-0.1, -0.05) is 47.7 Å². The molecule has 0 aliphatic carbocycles. The molecule has 0 spiro atoms. The van der Waals surface area contributed by atoms with Crippen LogP contribution in [0.1, 0.15) is 35.1 Å². The highest BCUT2D eigenvalue weighted by molar-refractivity contribution is 8.13. The summed E-state index contributed by atoms with van der Waals surface area (Å²) in [7, 11) is 0. The van der Waals surface area contributed by atoms with Crippen LogP contribution in [0.2, 0.25) is 0 Å². The van der Waals surface area contributed by atoms with Crippen LogP contribution >= 0.6 is 11.8 Å². The molecule has 0 N–H and O–H groups in total. The molecular weight excluding hydrogens is 304 g/mol. The SMILES string of the molecule is Cc1cc(C)c(SC(=O)C[C@H]2CCc3ccccc3O2)c(C)c1. The van der Waals surface area contributed by atoms with Crippen LogP contribution in [0.15, 0.2) is 41.3 Å². The summed E-state index contributed by atoms with van der Waals surface area (Å²) >= 11 is 1.36. The first kappa shape index (κ1) is 16.1. The van der Waals surface area contributed by atoms with E-state index in [1.165, 1.54) is 34.0 Å². The molecule has 23 heavy (non-hydrogen) atoms. The Bertz CT molecular complexity index is 713. The van der Waals surface area contributed by atoms with Crippen molar-refractivity contribution in [3.63, 3.8) is 0 Å². The van der Waals surface area contributed by atoms with Gasteiger partial charge in [-0.3, -0.25) is 4.79 Å². The minimum atomic E-state index is -0.00374. The van der Waals surface area contributed by atoms with Gasteiger partial charge in [-0.2, -0.15) is 0 Å². The average molecular weight is 326 g/mol. The van der Waals surface area contributed by atoms with Crippen molar-refractivity contribution >= 4 is 16.9 Å². The standard InChI is InChI=1S/C20H22O2S/c1-13-10-14(2)20(15(3)11-13)23-19(21)12-17-9-8-16-6-4-5-7-18(16)22-17/h4-7,10-11,17H,8-9,12H2,1-3H3/t17-/m1/s1. The number of benzene rings is 2. The van der Waals surface area contributed by atoms with Crippen molar-refractivity contribution in [3.05, 3.63) is 58.7 Å². The number of hydrogen-bond donors (Lipinski definition) is 0. The molecule has 2 aromatic carbocycles. The van der Waals surface area contributed by atoms with Crippen molar-refractivity contribution in [3.8, 4) is 5.75 Å². The van der Waals surface area contributed by atoms with Gasteiger partial charge in [0, 0.05) is 4.90 Å². The fourth-order valence-corrected chi connectivity index (χ4v) is 4.13. The molecule has 3 heteroatoms. The summed E-state index contributed by atoms with van der Waals surface area (Å²) in [6, 6.07) is 12.4. The molecule has 1 heterocycles. The van der Waals surface area contributed by atoms with E-state index in [0.717, 1.165) is 23.5 Å². The second-order valence-electron chi connectivity index (χ2n) is 6.29. The lowest BCUT2D eigenvalue weighted by Gasteiger charge is -2.25. The molecule has 1 aliphatic heterocycles. The monoisotopic (exact) mass is 326 g/mol. The summed E-state index contributed by atoms with van der Waals surface area (Å²) in [5.74, 6) is 0.934. The molecular formula is C20H22O2S. The molecule has 0 aromatic heterocycles. The van der Waals surface area contributed by atoms with E-state index in [1.807, 2.05) is 18.2 Å². The lowest BCUT2D eigenvalue weighted by Crippen LogP contribution is -2.24. The number of carbonyl (C=O) groups is 1. The van der Waals surface area contributed by atoms with Gasteiger partial charge in [-0.25, -0.2) is 0 Å². The average Bonchev–Trinajstić information content (AvgIpc) is 2.51. The number of thioether (sulfide) groups is 1. The minimum absolute atomic E-state index is 0.00374. The van der Waals surface area contributed by atoms with Gasteiger partial charge in [0.25, 0.3) is 0 Å². The zero-order chi connectivity index (χ0) is 16.4. The summed E-state index contributed by atoms with van der Waals surface area (Å²) in [6.45, 7) is 6.23. The topological polar surface area (TPSA) is 26.3 Å². The second-order valence-corrected chi connectivity index (χ2v) is 7.36. The lowest BCUT2D eigenvalue weighted by atomic mass is 10.0. The first-order valence-corrected chi connectivity index (χ1v) is 8.87. The maximum atomic E-state index is 12.5. The molecule has 0 saturated carbocycles. The summed E-state index contributed by atoms with van der Waals surface area (Å²) in [4.78, 5) is 13.6. The van der Waals surface area contributed by atoms with Crippen LogP contribution in [0.3, 0.4) is 0 Å². The molecule has 0 amide bonds. The van der Waals surface area contributed by atoms with Gasteiger partial charge in [0.15, 0.2) is 5.12 Å². The fraction of sp³-hybridized carbons (Fsp3) is 0.350. The molecule has 120 valence electrons. The van der Waals surface area contributed by atoms with Crippen LogP contribution in [0.25, 0.3) is 0 Å². The molecule has 0 bridgehead atoms. The number of ether oxygens (including phenoxy) is 1. The van der Waals surface area contributed by atoms with Crippen molar-refractivity contribution in [2.24, 2.45) is 0 Å². The van der Waals surface area contributed by atoms with E-state index in [1.54, 1.807) is 0 Å². The second kappa shape index (κ2) is 6.79.